The van der Waals surface area contributed by atoms with Crippen molar-refractivity contribution in [2.75, 3.05) is 26.3 Å². The van der Waals surface area contributed by atoms with Crippen molar-refractivity contribution in [2.45, 2.75) is 43.9 Å². The Labute approximate surface area is 142 Å². The molecule has 0 bridgehead atoms. The minimum atomic E-state index is 0.0701. The van der Waals surface area contributed by atoms with Gasteiger partial charge >= 0.3 is 0 Å². The van der Waals surface area contributed by atoms with E-state index in [1.807, 2.05) is 12.1 Å². The monoisotopic (exact) mass is 334 g/mol. The summed E-state index contributed by atoms with van der Waals surface area (Å²) >= 11 is 0. The lowest BCUT2D eigenvalue weighted by Crippen LogP contribution is -2.46. The predicted molar refractivity (Wildman–Crippen MR) is 89.8 cm³/mol. The summed E-state index contributed by atoms with van der Waals surface area (Å²) in [5.41, 5.74) is 1.05. The number of benzene rings is 1. The molecule has 0 aromatic heterocycles. The third-order valence-electron chi connectivity index (χ3n) is 4.88. The van der Waals surface area contributed by atoms with E-state index in [2.05, 4.69) is 10.2 Å². The lowest BCUT2D eigenvalue weighted by Gasteiger charge is -2.34. The number of hydrogen-bond acceptors (Lipinski definition) is 5. The van der Waals surface area contributed by atoms with E-state index in [0.717, 1.165) is 25.1 Å². The number of aryl methyl sites for hydroxylation is 1. The fourth-order valence-corrected chi connectivity index (χ4v) is 3.59. The van der Waals surface area contributed by atoms with Crippen LogP contribution in [0.3, 0.4) is 0 Å². The summed E-state index contributed by atoms with van der Waals surface area (Å²) in [4.78, 5) is 14.5. The molecule has 24 heavy (non-hydrogen) atoms. The topological polar surface area (TPSA) is 82.0 Å². The molecule has 1 amide bonds. The average molecular weight is 334 g/mol. The molecule has 2 heterocycles. The Balaban J connectivity index is 1.42. The first-order valence-corrected chi connectivity index (χ1v) is 8.68. The van der Waals surface area contributed by atoms with E-state index in [1.165, 1.54) is 0 Å². The number of rotatable bonds is 6. The van der Waals surface area contributed by atoms with E-state index in [0.29, 0.717) is 31.9 Å². The molecule has 6 heteroatoms. The smallest absolute Gasteiger partial charge is 0.220 e. The van der Waals surface area contributed by atoms with Gasteiger partial charge < -0.3 is 20.3 Å². The third-order valence-corrected chi connectivity index (χ3v) is 4.88. The normalized spacial score (nSPS) is 27.0. The average Bonchev–Trinajstić information content (AvgIpc) is 2.96. The Morgan fingerprint density at radius 2 is 2.08 bits per heavy atom. The SMILES string of the molecule is O=C(CCc1ccc(O)cc1)N[C@H]1C[C@H]2CO[C@@H](CCO)CN2C1. The van der Waals surface area contributed by atoms with Gasteiger partial charge in [-0.1, -0.05) is 12.1 Å². The number of ether oxygens (including phenoxy) is 1. The third kappa shape index (κ3) is 4.47. The number of nitrogens with one attached hydrogen (secondary N) is 1. The molecule has 0 unspecified atom stereocenters. The molecule has 2 aliphatic rings. The number of carbonyl (C=O) groups is 1. The second kappa shape index (κ2) is 7.96. The maximum Gasteiger partial charge on any atom is 0.220 e. The van der Waals surface area contributed by atoms with Gasteiger partial charge in [0.25, 0.3) is 0 Å². The van der Waals surface area contributed by atoms with E-state index in [9.17, 15) is 9.90 Å². The Morgan fingerprint density at radius 3 is 2.83 bits per heavy atom. The molecular weight excluding hydrogens is 308 g/mol. The number of nitrogens with zero attached hydrogens (tertiary/aromatic N) is 1. The second-order valence-electron chi connectivity index (χ2n) is 6.74. The van der Waals surface area contributed by atoms with Crippen LogP contribution in [0.25, 0.3) is 0 Å². The standard InChI is InChI=1S/C18H26N2O4/c21-8-7-17-11-20-10-14(9-15(20)12-24-17)19-18(23)6-3-13-1-4-16(22)5-2-13/h1-2,4-5,14-15,17,21-22H,3,6-12H2,(H,19,23)/t14-,15-,17-/m0/s1. The van der Waals surface area contributed by atoms with Crippen molar-refractivity contribution >= 4 is 5.91 Å². The predicted octanol–water partition coefficient (Wildman–Crippen LogP) is 0.665. The van der Waals surface area contributed by atoms with Crippen LogP contribution >= 0.6 is 0 Å². The first-order chi connectivity index (χ1) is 11.6. The van der Waals surface area contributed by atoms with Crippen molar-refractivity contribution in [3.05, 3.63) is 29.8 Å². The molecule has 2 saturated heterocycles. The van der Waals surface area contributed by atoms with Crippen LogP contribution in [0.1, 0.15) is 24.8 Å². The first-order valence-electron chi connectivity index (χ1n) is 8.68. The summed E-state index contributed by atoms with van der Waals surface area (Å²) in [5.74, 6) is 0.313. The highest BCUT2D eigenvalue weighted by molar-refractivity contribution is 5.76. The number of hydrogen-bond donors (Lipinski definition) is 3. The van der Waals surface area contributed by atoms with Gasteiger partial charge in [-0.05, 0) is 37.0 Å². The van der Waals surface area contributed by atoms with Crippen molar-refractivity contribution in [3.63, 3.8) is 0 Å². The number of fused-ring (bicyclic) bond motifs is 1. The number of morpholine rings is 1. The quantitative estimate of drug-likeness (QED) is 0.712. The molecule has 0 aliphatic carbocycles. The molecule has 0 radical (unpaired) electrons. The molecule has 6 nitrogen and oxygen atoms in total. The zero-order valence-corrected chi connectivity index (χ0v) is 13.9. The van der Waals surface area contributed by atoms with Crippen LogP contribution in [-0.2, 0) is 16.0 Å². The minimum Gasteiger partial charge on any atom is -0.508 e. The van der Waals surface area contributed by atoms with Crippen molar-refractivity contribution in [1.82, 2.24) is 10.2 Å². The van der Waals surface area contributed by atoms with Crippen LogP contribution in [0, 0.1) is 0 Å². The highest BCUT2D eigenvalue weighted by Crippen LogP contribution is 2.24. The van der Waals surface area contributed by atoms with Gasteiger partial charge in [0.05, 0.1) is 12.7 Å². The molecule has 3 N–H and O–H groups in total. The number of aliphatic hydroxyl groups excluding tert-OH is 1. The molecule has 2 fully saturated rings. The summed E-state index contributed by atoms with van der Waals surface area (Å²) < 4.78 is 5.77. The summed E-state index contributed by atoms with van der Waals surface area (Å²) in [6, 6.07) is 7.53. The summed E-state index contributed by atoms with van der Waals surface area (Å²) in [5, 5.41) is 21.4. The van der Waals surface area contributed by atoms with Gasteiger partial charge in [0.1, 0.15) is 5.75 Å². The lowest BCUT2D eigenvalue weighted by molar-refractivity contribution is -0.121. The van der Waals surface area contributed by atoms with Crippen molar-refractivity contribution in [3.8, 4) is 5.75 Å². The number of phenolic OH excluding ortho intramolecular Hbond substituents is 1. The maximum atomic E-state index is 12.2. The van der Waals surface area contributed by atoms with E-state index >= 15 is 0 Å². The van der Waals surface area contributed by atoms with Crippen molar-refractivity contribution < 1.29 is 19.7 Å². The molecule has 3 rings (SSSR count). The van der Waals surface area contributed by atoms with Gasteiger partial charge in [-0.2, -0.15) is 0 Å². The molecular formula is C18H26N2O4. The van der Waals surface area contributed by atoms with Crippen molar-refractivity contribution in [2.24, 2.45) is 0 Å². The van der Waals surface area contributed by atoms with E-state index < -0.39 is 0 Å². The summed E-state index contributed by atoms with van der Waals surface area (Å²) in [6.07, 6.45) is 2.84. The van der Waals surface area contributed by atoms with Crippen LogP contribution in [0.2, 0.25) is 0 Å². The van der Waals surface area contributed by atoms with Crippen molar-refractivity contribution in [1.29, 1.82) is 0 Å². The van der Waals surface area contributed by atoms with Crippen LogP contribution in [0.5, 0.6) is 5.75 Å². The first kappa shape index (κ1) is 17.2. The highest BCUT2D eigenvalue weighted by Gasteiger charge is 2.37. The van der Waals surface area contributed by atoms with Gasteiger partial charge in [0, 0.05) is 38.2 Å². The van der Waals surface area contributed by atoms with Gasteiger partial charge in [0.2, 0.25) is 5.91 Å². The fourth-order valence-electron chi connectivity index (χ4n) is 3.59. The molecule has 3 atom stereocenters. The van der Waals surface area contributed by atoms with E-state index in [-0.39, 0.29) is 30.4 Å². The Morgan fingerprint density at radius 1 is 1.29 bits per heavy atom. The zero-order valence-electron chi connectivity index (χ0n) is 13.9. The fraction of sp³-hybridized carbons (Fsp3) is 0.611. The number of aliphatic hydroxyl groups is 1. The van der Waals surface area contributed by atoms with Gasteiger partial charge in [-0.3, -0.25) is 9.69 Å². The molecule has 132 valence electrons. The largest absolute Gasteiger partial charge is 0.508 e. The van der Waals surface area contributed by atoms with Gasteiger partial charge in [-0.25, -0.2) is 0 Å². The molecule has 0 saturated carbocycles. The van der Waals surface area contributed by atoms with E-state index in [1.54, 1.807) is 12.1 Å². The molecule has 1 aromatic rings. The Kier molecular flexibility index (Phi) is 5.71. The number of amides is 1. The molecule has 2 aliphatic heterocycles. The molecule has 0 spiro atoms. The second-order valence-corrected chi connectivity index (χ2v) is 6.74. The molecule has 1 aromatic carbocycles. The van der Waals surface area contributed by atoms with Gasteiger partial charge in [0.15, 0.2) is 0 Å². The van der Waals surface area contributed by atoms with Crippen LogP contribution in [-0.4, -0.2) is 65.5 Å². The number of aromatic hydroxyl groups is 1. The van der Waals surface area contributed by atoms with Crippen LogP contribution in [0.15, 0.2) is 24.3 Å². The Hall–Kier alpha value is -1.63. The lowest BCUT2D eigenvalue weighted by atomic mass is 10.1. The minimum absolute atomic E-state index is 0.0701. The Bertz CT molecular complexity index is 548. The summed E-state index contributed by atoms with van der Waals surface area (Å²) in [6.45, 7) is 2.54. The zero-order chi connectivity index (χ0) is 16.9. The highest BCUT2D eigenvalue weighted by atomic mass is 16.5. The van der Waals surface area contributed by atoms with E-state index in [4.69, 9.17) is 9.84 Å². The number of phenols is 1. The summed E-state index contributed by atoms with van der Waals surface area (Å²) in [7, 11) is 0. The number of carbonyl (C=O) groups excluding carboxylic acids is 1. The van der Waals surface area contributed by atoms with Gasteiger partial charge in [-0.15, -0.1) is 0 Å². The maximum absolute atomic E-state index is 12.2. The van der Waals surface area contributed by atoms with Crippen LogP contribution < -0.4 is 5.32 Å². The van der Waals surface area contributed by atoms with Crippen LogP contribution in [0.4, 0.5) is 0 Å².